The molecule has 0 amide bonds. The second-order valence-corrected chi connectivity index (χ2v) is 16.6. The Morgan fingerprint density at radius 3 is 1.02 bits per heavy atom. The van der Waals surface area contributed by atoms with Crippen molar-refractivity contribution in [3.8, 4) is 0 Å². The number of rotatable bonds is 6. The van der Waals surface area contributed by atoms with Crippen molar-refractivity contribution in [1.82, 2.24) is 0 Å². The SMILES string of the molecule is CC.CC.CC.CC(C)C1(C(C)C)CCCc2ccccc21.CC(C)C1(C(C)C)CCc2ccccc21.CC(C)C1(C(C)C)Cc2ccccc21. The van der Waals surface area contributed by atoms with Gasteiger partial charge in [-0.1, -0.05) is 197 Å². The molecule has 0 aromatic heterocycles. The Morgan fingerprint density at radius 2 is 0.647 bits per heavy atom. The predicted molar refractivity (Wildman–Crippen MR) is 232 cm³/mol. The van der Waals surface area contributed by atoms with Crippen LogP contribution in [-0.2, 0) is 35.5 Å². The molecule has 3 aromatic carbocycles. The minimum Gasteiger partial charge on any atom is -0.0683 e. The van der Waals surface area contributed by atoms with Gasteiger partial charge in [0.1, 0.15) is 0 Å². The lowest BCUT2D eigenvalue weighted by atomic mass is 9.53. The third-order valence-electron chi connectivity index (χ3n) is 13.1. The number of fused-ring (bicyclic) bond motifs is 3. The second kappa shape index (κ2) is 21.4. The van der Waals surface area contributed by atoms with Crippen LogP contribution in [0.5, 0.6) is 0 Å². The maximum atomic E-state index is 2.39. The van der Waals surface area contributed by atoms with Gasteiger partial charge in [-0.05, 0) is 107 Å². The molecule has 3 aromatic rings. The summed E-state index contributed by atoms with van der Waals surface area (Å²) in [7, 11) is 0. The Morgan fingerprint density at radius 1 is 0.353 bits per heavy atom. The van der Waals surface area contributed by atoms with E-state index in [-0.39, 0.29) is 0 Å². The van der Waals surface area contributed by atoms with Crippen molar-refractivity contribution in [2.75, 3.05) is 0 Å². The Labute approximate surface area is 320 Å². The summed E-state index contributed by atoms with van der Waals surface area (Å²) in [6, 6.07) is 27.1. The zero-order valence-corrected chi connectivity index (χ0v) is 37.1. The van der Waals surface area contributed by atoms with Gasteiger partial charge in [-0.15, -0.1) is 0 Å². The van der Waals surface area contributed by atoms with Gasteiger partial charge in [-0.3, -0.25) is 0 Å². The molecule has 0 spiro atoms. The molecule has 0 unspecified atom stereocenters. The Bertz CT molecular complexity index is 1360. The molecule has 0 atom stereocenters. The molecule has 3 aliphatic rings. The zero-order chi connectivity index (χ0) is 39.2. The first kappa shape index (κ1) is 46.7. The lowest BCUT2D eigenvalue weighted by molar-refractivity contribution is 0.183. The summed E-state index contributed by atoms with van der Waals surface area (Å²) >= 11 is 0. The van der Waals surface area contributed by atoms with Crippen molar-refractivity contribution in [2.24, 2.45) is 35.5 Å². The van der Waals surface area contributed by atoms with Gasteiger partial charge in [-0.25, -0.2) is 0 Å². The molecule has 0 saturated heterocycles. The summed E-state index contributed by atoms with van der Waals surface area (Å²) in [5, 5.41) is 0. The zero-order valence-electron chi connectivity index (χ0n) is 37.1. The summed E-state index contributed by atoms with van der Waals surface area (Å²) in [5.41, 5.74) is 10.9. The molecule has 0 saturated carbocycles. The highest BCUT2D eigenvalue weighted by Gasteiger charge is 2.47. The molecule has 0 radical (unpaired) electrons. The van der Waals surface area contributed by atoms with E-state index in [0.717, 1.165) is 35.5 Å². The maximum Gasteiger partial charge on any atom is 0.00421 e. The molecule has 3 aliphatic carbocycles. The number of hydrogen-bond acceptors (Lipinski definition) is 0. The highest BCUT2D eigenvalue weighted by atomic mass is 14.5. The number of benzene rings is 3. The second-order valence-electron chi connectivity index (χ2n) is 16.6. The highest BCUT2D eigenvalue weighted by Crippen LogP contribution is 2.52. The number of hydrogen-bond donors (Lipinski definition) is 0. The van der Waals surface area contributed by atoms with E-state index in [0.29, 0.717) is 16.2 Å². The largest absolute Gasteiger partial charge is 0.0683 e. The molecule has 0 bridgehead atoms. The van der Waals surface area contributed by atoms with Crippen LogP contribution in [-0.4, -0.2) is 0 Å². The van der Waals surface area contributed by atoms with E-state index in [1.807, 2.05) is 41.5 Å². The van der Waals surface area contributed by atoms with Gasteiger partial charge in [-0.2, -0.15) is 0 Å². The molecule has 288 valence electrons. The van der Waals surface area contributed by atoms with Crippen molar-refractivity contribution in [3.05, 3.63) is 106 Å². The monoisotopic (exact) mass is 697 g/mol. The standard InChI is InChI=1S/C16H24.C15H22.C14H20.3C2H6/c1-12(2)16(13(3)4)11-7-9-14-8-5-6-10-15(14)16;1-11(2)15(12(3)4)10-9-13-7-5-6-8-14(13)15;1-10(2)14(11(3)4)9-12-7-5-6-8-13(12)14;3*1-2/h5-6,8,10,12-13H,7,9,11H2,1-4H3;5-8,11-12H,9-10H2,1-4H3;5-8,10-11H,9H2,1-4H3;3*1-2H3. The van der Waals surface area contributed by atoms with Gasteiger partial charge >= 0.3 is 0 Å². The average Bonchev–Trinajstić information content (AvgIpc) is 3.53. The van der Waals surface area contributed by atoms with Crippen LogP contribution in [0.4, 0.5) is 0 Å². The summed E-state index contributed by atoms with van der Waals surface area (Å²) in [6.07, 6.45) is 7.87. The van der Waals surface area contributed by atoms with Crippen molar-refractivity contribution >= 4 is 0 Å². The van der Waals surface area contributed by atoms with Crippen LogP contribution in [0, 0.1) is 35.5 Å². The first-order chi connectivity index (χ1) is 24.3. The molecule has 0 fully saturated rings. The van der Waals surface area contributed by atoms with E-state index in [4.69, 9.17) is 0 Å². The topological polar surface area (TPSA) is 0 Å². The summed E-state index contributed by atoms with van der Waals surface area (Å²) in [4.78, 5) is 0. The lowest BCUT2D eigenvalue weighted by Crippen LogP contribution is -2.47. The Balaban J connectivity index is 0.000000356. The van der Waals surface area contributed by atoms with Crippen molar-refractivity contribution in [1.29, 1.82) is 0 Å². The minimum atomic E-state index is 0.412. The molecule has 0 heteroatoms. The average molecular weight is 697 g/mol. The number of aryl methyl sites for hydroxylation is 2. The molecule has 0 nitrogen and oxygen atoms in total. The Kier molecular flexibility index (Phi) is 19.6. The molecule has 0 heterocycles. The summed E-state index contributed by atoms with van der Waals surface area (Å²) < 4.78 is 0. The summed E-state index contributed by atoms with van der Waals surface area (Å²) in [5.74, 6) is 4.43. The normalized spacial score (nSPS) is 16.7. The third-order valence-corrected chi connectivity index (χ3v) is 13.1. The maximum absolute atomic E-state index is 2.39. The van der Waals surface area contributed by atoms with Gasteiger partial charge in [0.15, 0.2) is 0 Å². The van der Waals surface area contributed by atoms with E-state index in [1.54, 1.807) is 33.4 Å². The van der Waals surface area contributed by atoms with Crippen LogP contribution in [0.25, 0.3) is 0 Å². The molecule has 0 aliphatic heterocycles. The van der Waals surface area contributed by atoms with E-state index >= 15 is 0 Å². The Hall–Kier alpha value is -2.34. The van der Waals surface area contributed by atoms with Crippen LogP contribution < -0.4 is 0 Å². The predicted octanol–water partition coefficient (Wildman–Crippen LogP) is 15.6. The molecule has 51 heavy (non-hydrogen) atoms. The first-order valence-corrected chi connectivity index (χ1v) is 21.5. The molecule has 0 N–H and O–H groups in total. The van der Waals surface area contributed by atoms with Crippen molar-refractivity contribution in [3.63, 3.8) is 0 Å². The van der Waals surface area contributed by atoms with Gasteiger partial charge in [0, 0.05) is 16.2 Å². The van der Waals surface area contributed by atoms with E-state index in [1.165, 1.54) is 38.5 Å². The molecule has 6 rings (SSSR count). The van der Waals surface area contributed by atoms with Crippen LogP contribution in [0.2, 0.25) is 0 Å². The van der Waals surface area contributed by atoms with Gasteiger partial charge in [0.25, 0.3) is 0 Å². The fourth-order valence-corrected chi connectivity index (χ4v) is 10.4. The third kappa shape index (κ3) is 9.43. The van der Waals surface area contributed by atoms with Gasteiger partial charge in [0.05, 0.1) is 0 Å². The molecular formula is C51H84. The quantitative estimate of drug-likeness (QED) is 0.241. The first-order valence-electron chi connectivity index (χ1n) is 21.5. The summed E-state index contributed by atoms with van der Waals surface area (Å²) in [6.45, 7) is 40.5. The van der Waals surface area contributed by atoms with E-state index in [2.05, 4.69) is 156 Å². The molecular weight excluding hydrogens is 613 g/mol. The highest BCUT2D eigenvalue weighted by molar-refractivity contribution is 5.46. The minimum absolute atomic E-state index is 0.412. The lowest BCUT2D eigenvalue weighted by Gasteiger charge is -2.50. The van der Waals surface area contributed by atoms with Crippen molar-refractivity contribution < 1.29 is 0 Å². The van der Waals surface area contributed by atoms with Crippen LogP contribution in [0.1, 0.15) is 177 Å². The van der Waals surface area contributed by atoms with E-state index in [9.17, 15) is 0 Å². The fraction of sp³-hybridized carbons (Fsp3) is 0.647. The van der Waals surface area contributed by atoms with Gasteiger partial charge < -0.3 is 0 Å². The smallest absolute Gasteiger partial charge is 0.00421 e. The van der Waals surface area contributed by atoms with Crippen LogP contribution in [0.3, 0.4) is 0 Å². The fourth-order valence-electron chi connectivity index (χ4n) is 10.4. The van der Waals surface area contributed by atoms with Gasteiger partial charge in [0.2, 0.25) is 0 Å². The van der Waals surface area contributed by atoms with Crippen LogP contribution in [0.15, 0.2) is 72.8 Å². The van der Waals surface area contributed by atoms with E-state index < -0.39 is 0 Å². The van der Waals surface area contributed by atoms with Crippen LogP contribution >= 0.6 is 0 Å². The van der Waals surface area contributed by atoms with Crippen molar-refractivity contribution in [2.45, 2.75) is 179 Å².